The molecule has 0 unspecified atom stereocenters. The van der Waals surface area contributed by atoms with E-state index in [4.69, 9.17) is 4.74 Å². The van der Waals surface area contributed by atoms with E-state index >= 15 is 0 Å². The van der Waals surface area contributed by atoms with Crippen LogP contribution in [0.15, 0.2) is 78.0 Å². The summed E-state index contributed by atoms with van der Waals surface area (Å²) in [5, 5.41) is 4.19. The summed E-state index contributed by atoms with van der Waals surface area (Å²) in [6, 6.07) is 20.1. The van der Waals surface area contributed by atoms with Crippen molar-refractivity contribution in [2.24, 2.45) is 5.10 Å². The van der Waals surface area contributed by atoms with Crippen LogP contribution in [0.3, 0.4) is 0 Å². The highest BCUT2D eigenvalue weighted by Gasteiger charge is 2.07. The molecule has 0 saturated carbocycles. The number of rotatable bonds is 6. The van der Waals surface area contributed by atoms with Crippen LogP contribution in [-0.4, -0.2) is 24.3 Å². The maximum atomic E-state index is 11.5. The highest BCUT2D eigenvalue weighted by atomic mass is 16.5. The second kappa shape index (κ2) is 8.43. The zero-order chi connectivity index (χ0) is 18.2. The summed E-state index contributed by atoms with van der Waals surface area (Å²) >= 11 is 0. The minimum absolute atomic E-state index is 0.320. The molecule has 0 atom stereocenters. The normalized spacial score (nSPS) is 10.5. The lowest BCUT2D eigenvalue weighted by Crippen LogP contribution is -2.01. The number of ether oxygens (including phenoxy) is 2. The Bertz CT molecular complexity index is 894. The number of nitrogens with zero attached hydrogens (tertiary/aromatic N) is 2. The first-order valence-corrected chi connectivity index (χ1v) is 7.91. The third kappa shape index (κ3) is 4.67. The molecule has 0 saturated heterocycles. The number of methoxy groups -OCH3 is 1. The van der Waals surface area contributed by atoms with Gasteiger partial charge in [0.2, 0.25) is 5.88 Å². The van der Waals surface area contributed by atoms with E-state index in [0.717, 1.165) is 11.3 Å². The summed E-state index contributed by atoms with van der Waals surface area (Å²) in [6.45, 7) is 0. The topological polar surface area (TPSA) is 72.8 Å². The van der Waals surface area contributed by atoms with E-state index in [1.165, 1.54) is 19.4 Å². The Morgan fingerprint density at radius 2 is 1.85 bits per heavy atom. The van der Waals surface area contributed by atoms with Crippen molar-refractivity contribution in [2.45, 2.75) is 0 Å². The van der Waals surface area contributed by atoms with Gasteiger partial charge in [-0.25, -0.2) is 9.78 Å². The highest BCUT2D eigenvalue weighted by molar-refractivity contribution is 5.89. The minimum Gasteiger partial charge on any atom is -0.465 e. The van der Waals surface area contributed by atoms with E-state index in [1.807, 2.05) is 42.5 Å². The molecule has 0 aliphatic carbocycles. The van der Waals surface area contributed by atoms with E-state index in [2.05, 4.69) is 20.2 Å². The molecule has 0 aliphatic rings. The fourth-order valence-electron chi connectivity index (χ4n) is 2.15. The van der Waals surface area contributed by atoms with Crippen LogP contribution in [0.25, 0.3) is 0 Å². The largest absolute Gasteiger partial charge is 0.465 e. The molecule has 1 N–H and O–H groups in total. The molecule has 0 fully saturated rings. The molecular weight excluding hydrogens is 330 g/mol. The van der Waals surface area contributed by atoms with Crippen LogP contribution in [0.1, 0.15) is 15.9 Å². The molecule has 0 aliphatic heterocycles. The molecule has 26 heavy (non-hydrogen) atoms. The predicted octanol–water partition coefficient (Wildman–Crippen LogP) is 4.11. The summed E-state index contributed by atoms with van der Waals surface area (Å²) in [4.78, 5) is 15.6. The number of aromatic nitrogens is 1. The summed E-state index contributed by atoms with van der Waals surface area (Å²) in [6.07, 6.45) is 3.21. The Morgan fingerprint density at radius 1 is 1.08 bits per heavy atom. The van der Waals surface area contributed by atoms with Gasteiger partial charge in [0.05, 0.1) is 24.6 Å². The molecule has 1 heterocycles. The molecule has 0 amide bonds. The number of esters is 1. The number of hydrogen-bond donors (Lipinski definition) is 1. The van der Waals surface area contributed by atoms with E-state index in [0.29, 0.717) is 17.2 Å². The molecule has 6 nitrogen and oxygen atoms in total. The second-order valence-corrected chi connectivity index (χ2v) is 5.28. The number of hydrazone groups is 1. The number of pyridine rings is 1. The summed E-state index contributed by atoms with van der Waals surface area (Å²) < 4.78 is 10.3. The van der Waals surface area contributed by atoms with Crippen molar-refractivity contribution in [1.29, 1.82) is 0 Å². The maximum Gasteiger partial charge on any atom is 0.338 e. The van der Waals surface area contributed by atoms with E-state index in [-0.39, 0.29) is 0 Å². The summed E-state index contributed by atoms with van der Waals surface area (Å²) in [5.41, 5.74) is 5.17. The first-order valence-electron chi connectivity index (χ1n) is 7.91. The van der Waals surface area contributed by atoms with Gasteiger partial charge in [0.1, 0.15) is 5.75 Å². The number of para-hydroxylation sites is 1. The fraction of sp³-hybridized carbons (Fsp3) is 0.0500. The van der Waals surface area contributed by atoms with Gasteiger partial charge in [-0.05, 0) is 48.0 Å². The fourth-order valence-corrected chi connectivity index (χ4v) is 2.15. The van der Waals surface area contributed by atoms with Crippen molar-refractivity contribution < 1.29 is 14.3 Å². The van der Waals surface area contributed by atoms with Crippen LogP contribution in [0.2, 0.25) is 0 Å². The first kappa shape index (κ1) is 17.2. The van der Waals surface area contributed by atoms with Crippen molar-refractivity contribution in [3.63, 3.8) is 0 Å². The quantitative estimate of drug-likeness (QED) is 0.413. The van der Waals surface area contributed by atoms with Crippen molar-refractivity contribution in [3.05, 3.63) is 84.1 Å². The second-order valence-electron chi connectivity index (χ2n) is 5.28. The molecule has 2 aromatic carbocycles. The van der Waals surface area contributed by atoms with E-state index < -0.39 is 5.97 Å². The van der Waals surface area contributed by atoms with Crippen LogP contribution in [0.4, 0.5) is 5.69 Å². The molecular formula is C20H17N3O3. The van der Waals surface area contributed by atoms with Crippen molar-refractivity contribution in [3.8, 4) is 11.6 Å². The first-order chi connectivity index (χ1) is 12.7. The Kier molecular flexibility index (Phi) is 5.57. The number of nitrogens with one attached hydrogen (secondary N) is 1. The summed E-state index contributed by atoms with van der Waals surface area (Å²) in [7, 11) is 1.33. The zero-order valence-electron chi connectivity index (χ0n) is 14.1. The standard InChI is InChI=1S/C20H17N3O3/c1-25-20(24)16-11-12-21-19(13-16)26-18-9-7-15(8-10-18)14-22-23-17-5-3-2-4-6-17/h2-14,23H,1H3. The van der Waals surface area contributed by atoms with E-state index in [9.17, 15) is 4.79 Å². The SMILES string of the molecule is COC(=O)c1ccnc(Oc2ccc(C=NNc3ccccc3)cc2)c1. The monoisotopic (exact) mass is 347 g/mol. The molecule has 0 spiro atoms. The zero-order valence-corrected chi connectivity index (χ0v) is 14.1. The predicted molar refractivity (Wildman–Crippen MR) is 99.8 cm³/mol. The lowest BCUT2D eigenvalue weighted by atomic mass is 10.2. The number of hydrogen-bond acceptors (Lipinski definition) is 6. The van der Waals surface area contributed by atoms with Crippen molar-refractivity contribution >= 4 is 17.9 Å². The molecule has 6 heteroatoms. The molecule has 0 bridgehead atoms. The Balaban J connectivity index is 1.62. The number of benzene rings is 2. The third-order valence-corrected chi connectivity index (χ3v) is 3.44. The Morgan fingerprint density at radius 3 is 2.58 bits per heavy atom. The molecule has 0 radical (unpaired) electrons. The molecule has 1 aromatic heterocycles. The molecule has 3 aromatic rings. The van der Waals surface area contributed by atoms with Crippen LogP contribution in [0.5, 0.6) is 11.6 Å². The third-order valence-electron chi connectivity index (χ3n) is 3.44. The Labute approximate surface area is 151 Å². The van der Waals surface area contributed by atoms with Gasteiger partial charge in [-0.2, -0.15) is 5.10 Å². The van der Waals surface area contributed by atoms with Gasteiger partial charge in [-0.3, -0.25) is 5.43 Å². The lowest BCUT2D eigenvalue weighted by molar-refractivity contribution is 0.0600. The van der Waals surface area contributed by atoms with Gasteiger partial charge in [0.15, 0.2) is 0 Å². The van der Waals surface area contributed by atoms with Gasteiger partial charge in [-0.15, -0.1) is 0 Å². The lowest BCUT2D eigenvalue weighted by Gasteiger charge is -2.06. The summed E-state index contributed by atoms with van der Waals surface area (Å²) in [5.74, 6) is 0.488. The molecule has 130 valence electrons. The van der Waals surface area contributed by atoms with Gasteiger partial charge in [0, 0.05) is 12.3 Å². The molecule has 3 rings (SSSR count). The van der Waals surface area contributed by atoms with Crippen LogP contribution in [-0.2, 0) is 4.74 Å². The van der Waals surface area contributed by atoms with Crippen molar-refractivity contribution in [1.82, 2.24) is 4.98 Å². The number of carbonyl (C=O) groups is 1. The van der Waals surface area contributed by atoms with Gasteiger partial charge >= 0.3 is 5.97 Å². The average molecular weight is 347 g/mol. The average Bonchev–Trinajstić information content (AvgIpc) is 2.70. The number of carbonyl (C=O) groups excluding carboxylic acids is 1. The Hall–Kier alpha value is -3.67. The minimum atomic E-state index is -0.435. The van der Waals surface area contributed by atoms with Gasteiger partial charge in [0.25, 0.3) is 0 Å². The highest BCUT2D eigenvalue weighted by Crippen LogP contribution is 2.20. The number of anilines is 1. The smallest absolute Gasteiger partial charge is 0.338 e. The van der Waals surface area contributed by atoms with E-state index in [1.54, 1.807) is 24.4 Å². The van der Waals surface area contributed by atoms with Gasteiger partial charge < -0.3 is 9.47 Å². The van der Waals surface area contributed by atoms with Crippen LogP contribution >= 0.6 is 0 Å². The maximum absolute atomic E-state index is 11.5. The van der Waals surface area contributed by atoms with Crippen LogP contribution < -0.4 is 10.2 Å². The van der Waals surface area contributed by atoms with Crippen LogP contribution in [0, 0.1) is 0 Å². The van der Waals surface area contributed by atoms with Gasteiger partial charge in [-0.1, -0.05) is 18.2 Å². The van der Waals surface area contributed by atoms with Crippen molar-refractivity contribution in [2.75, 3.05) is 12.5 Å².